The lowest BCUT2D eigenvalue weighted by molar-refractivity contribution is -0.124. The lowest BCUT2D eigenvalue weighted by Gasteiger charge is -2.26. The Hall–Kier alpha value is -3.60. The van der Waals surface area contributed by atoms with E-state index in [4.69, 9.17) is 0 Å². The van der Waals surface area contributed by atoms with E-state index < -0.39 is 23.0 Å². The van der Waals surface area contributed by atoms with Crippen LogP contribution in [0.4, 0.5) is 13.2 Å². The number of benzene rings is 2. The van der Waals surface area contributed by atoms with Crippen LogP contribution >= 0.6 is 11.8 Å². The van der Waals surface area contributed by atoms with Gasteiger partial charge in [-0.05, 0) is 67.4 Å². The van der Waals surface area contributed by atoms with Crippen molar-refractivity contribution in [3.8, 4) is 0 Å². The number of amides is 2. The van der Waals surface area contributed by atoms with E-state index in [1.807, 2.05) is 0 Å². The summed E-state index contributed by atoms with van der Waals surface area (Å²) >= 11 is -0.260. The molecular formula is C25H25F3N4O3S. The van der Waals surface area contributed by atoms with Crippen LogP contribution in [0.15, 0.2) is 64.4 Å². The second-order valence-electron chi connectivity index (χ2n) is 8.05. The molecule has 190 valence electrons. The van der Waals surface area contributed by atoms with Crippen molar-refractivity contribution >= 4 is 34.5 Å². The van der Waals surface area contributed by atoms with Crippen LogP contribution < -0.4 is 16.2 Å². The molecule has 1 saturated heterocycles. The molecule has 36 heavy (non-hydrogen) atoms. The van der Waals surface area contributed by atoms with Crippen LogP contribution in [0.25, 0.3) is 10.9 Å². The molecule has 1 aliphatic rings. The maximum absolute atomic E-state index is 13.5. The number of thioether (sulfide) groups is 1. The van der Waals surface area contributed by atoms with Crippen molar-refractivity contribution in [2.24, 2.45) is 0 Å². The van der Waals surface area contributed by atoms with E-state index in [0.29, 0.717) is 35.4 Å². The third-order valence-electron chi connectivity index (χ3n) is 5.62. The van der Waals surface area contributed by atoms with Gasteiger partial charge in [0.05, 0.1) is 10.9 Å². The van der Waals surface area contributed by atoms with Crippen LogP contribution in [0.1, 0.15) is 48.1 Å². The molecule has 7 nitrogen and oxygen atoms in total. The molecule has 2 heterocycles. The van der Waals surface area contributed by atoms with Gasteiger partial charge in [0.15, 0.2) is 0 Å². The topological polar surface area (TPSA) is 93.1 Å². The highest BCUT2D eigenvalue weighted by atomic mass is 32.2. The first-order valence-corrected chi connectivity index (χ1v) is 11.5. The molecule has 0 bridgehead atoms. The first-order valence-electron chi connectivity index (χ1n) is 10.7. The van der Waals surface area contributed by atoms with E-state index >= 15 is 0 Å². The number of aryl methyl sites for hydroxylation is 1. The van der Waals surface area contributed by atoms with Gasteiger partial charge in [-0.25, -0.2) is 4.98 Å². The fraction of sp³-hybridized carbons (Fsp3) is 0.280. The van der Waals surface area contributed by atoms with Gasteiger partial charge in [0.2, 0.25) is 5.91 Å². The minimum absolute atomic E-state index is 0. The number of hydrogen-bond donors (Lipinski definition) is 2. The van der Waals surface area contributed by atoms with Crippen molar-refractivity contribution in [2.45, 2.75) is 50.2 Å². The summed E-state index contributed by atoms with van der Waals surface area (Å²) in [7, 11) is 0. The number of piperidine rings is 1. The number of halogens is 3. The van der Waals surface area contributed by atoms with Crippen LogP contribution in [-0.4, -0.2) is 26.9 Å². The Bertz CT molecular complexity index is 1380. The fourth-order valence-corrected chi connectivity index (χ4v) is 4.57. The smallest absolute Gasteiger partial charge is 0.348 e. The zero-order chi connectivity index (χ0) is 25.3. The van der Waals surface area contributed by atoms with E-state index in [1.165, 1.54) is 28.8 Å². The Kier molecular flexibility index (Phi) is 7.92. The van der Waals surface area contributed by atoms with Gasteiger partial charge in [-0.2, -0.15) is 13.2 Å². The average molecular weight is 519 g/mol. The molecule has 1 unspecified atom stereocenters. The molecular weight excluding hydrogens is 493 g/mol. The highest BCUT2D eigenvalue weighted by Gasteiger charge is 2.30. The zero-order valence-electron chi connectivity index (χ0n) is 18.6. The standard InChI is InChI=1S/C24H21F3N4O3S.CH4/c1-13-6-11-19(22(33)29-13)31-14(2)30-18-5-3-4-16(20(18)23(31)34)12-28-21(32)15-7-9-17(10-8-15)35-24(25,26)27;/h3-5,7-10,19H,1,6,11-12H2,2H3,(H,28,32)(H,29,33);1H4. The number of fused-ring (bicyclic) bond motifs is 1. The van der Waals surface area contributed by atoms with Crippen molar-refractivity contribution in [3.63, 3.8) is 0 Å². The second-order valence-corrected chi connectivity index (χ2v) is 9.19. The van der Waals surface area contributed by atoms with Gasteiger partial charge in [0.25, 0.3) is 11.5 Å². The van der Waals surface area contributed by atoms with Gasteiger partial charge >= 0.3 is 5.51 Å². The minimum atomic E-state index is -4.41. The molecule has 0 spiro atoms. The lowest BCUT2D eigenvalue weighted by Crippen LogP contribution is -2.41. The molecule has 2 aromatic carbocycles. The van der Waals surface area contributed by atoms with Crippen LogP contribution in [0.5, 0.6) is 0 Å². The predicted octanol–water partition coefficient (Wildman–Crippen LogP) is 4.85. The molecule has 2 amide bonds. The summed E-state index contributed by atoms with van der Waals surface area (Å²) in [6.07, 6.45) is 0.957. The number of nitrogens with zero attached hydrogens (tertiary/aromatic N) is 2. The van der Waals surface area contributed by atoms with Gasteiger partial charge in [0, 0.05) is 22.7 Å². The SMILES string of the molecule is C.C=C1CCC(n2c(C)nc3cccc(CNC(=O)c4ccc(SC(F)(F)F)cc4)c3c2=O)C(=O)N1. The molecule has 4 rings (SSSR count). The molecule has 3 aromatic rings. The van der Waals surface area contributed by atoms with E-state index in [-0.39, 0.29) is 47.5 Å². The Morgan fingerprint density at radius 2 is 1.92 bits per heavy atom. The lowest BCUT2D eigenvalue weighted by atomic mass is 10.0. The Balaban J connectivity index is 0.00000361. The highest BCUT2D eigenvalue weighted by Crippen LogP contribution is 2.36. The number of allylic oxidation sites excluding steroid dienone is 1. The maximum atomic E-state index is 13.5. The van der Waals surface area contributed by atoms with E-state index in [9.17, 15) is 27.6 Å². The summed E-state index contributed by atoms with van der Waals surface area (Å²) in [5.41, 5.74) is -3.08. The number of hydrogen-bond acceptors (Lipinski definition) is 5. The Morgan fingerprint density at radius 3 is 2.56 bits per heavy atom. The Morgan fingerprint density at radius 1 is 1.22 bits per heavy atom. The number of carbonyl (C=O) groups is 2. The molecule has 0 aliphatic carbocycles. The van der Waals surface area contributed by atoms with Crippen molar-refractivity contribution in [3.05, 3.63) is 82.0 Å². The average Bonchev–Trinajstić information content (AvgIpc) is 2.78. The summed E-state index contributed by atoms with van der Waals surface area (Å²) < 4.78 is 38.9. The summed E-state index contributed by atoms with van der Waals surface area (Å²) in [6.45, 7) is 5.41. The molecule has 0 radical (unpaired) electrons. The zero-order valence-corrected chi connectivity index (χ0v) is 19.4. The minimum Gasteiger partial charge on any atom is -0.348 e. The quantitative estimate of drug-likeness (QED) is 0.471. The van der Waals surface area contributed by atoms with Gasteiger partial charge in [-0.3, -0.25) is 19.0 Å². The van der Waals surface area contributed by atoms with Gasteiger partial charge in [-0.15, -0.1) is 0 Å². The number of nitrogens with one attached hydrogen (secondary N) is 2. The molecule has 1 aliphatic heterocycles. The van der Waals surface area contributed by atoms with E-state index in [2.05, 4.69) is 22.2 Å². The highest BCUT2D eigenvalue weighted by molar-refractivity contribution is 8.00. The third-order valence-corrected chi connectivity index (χ3v) is 6.35. The number of rotatable bonds is 5. The first kappa shape index (κ1) is 27.0. The molecule has 2 N–H and O–H groups in total. The number of carbonyl (C=O) groups excluding carboxylic acids is 2. The van der Waals surface area contributed by atoms with Crippen molar-refractivity contribution in [2.75, 3.05) is 0 Å². The summed E-state index contributed by atoms with van der Waals surface area (Å²) in [5.74, 6) is -0.435. The van der Waals surface area contributed by atoms with Crippen LogP contribution in [-0.2, 0) is 11.3 Å². The maximum Gasteiger partial charge on any atom is 0.446 e. The molecule has 1 aromatic heterocycles. The molecule has 1 fully saturated rings. The van der Waals surface area contributed by atoms with Crippen LogP contribution in [0, 0.1) is 6.92 Å². The van der Waals surface area contributed by atoms with Gasteiger partial charge in [0.1, 0.15) is 11.9 Å². The summed E-state index contributed by atoms with van der Waals surface area (Å²) in [6, 6.07) is 9.40. The normalized spacial score (nSPS) is 15.8. The van der Waals surface area contributed by atoms with E-state index in [1.54, 1.807) is 25.1 Å². The van der Waals surface area contributed by atoms with Crippen LogP contribution in [0.2, 0.25) is 0 Å². The third kappa shape index (κ3) is 5.78. The van der Waals surface area contributed by atoms with Crippen molar-refractivity contribution < 1.29 is 22.8 Å². The van der Waals surface area contributed by atoms with Gasteiger partial charge < -0.3 is 10.6 Å². The van der Waals surface area contributed by atoms with Gasteiger partial charge in [-0.1, -0.05) is 26.1 Å². The molecule has 11 heteroatoms. The second kappa shape index (κ2) is 10.6. The van der Waals surface area contributed by atoms with Crippen LogP contribution in [0.3, 0.4) is 0 Å². The predicted molar refractivity (Wildman–Crippen MR) is 133 cm³/mol. The fourth-order valence-electron chi connectivity index (χ4n) is 4.03. The van der Waals surface area contributed by atoms with E-state index in [0.717, 1.165) is 0 Å². The molecule has 1 atom stereocenters. The largest absolute Gasteiger partial charge is 0.446 e. The summed E-state index contributed by atoms with van der Waals surface area (Å²) in [5, 5.41) is 5.66. The summed E-state index contributed by atoms with van der Waals surface area (Å²) in [4.78, 5) is 43.1. The van der Waals surface area contributed by atoms with Crippen molar-refractivity contribution in [1.29, 1.82) is 0 Å². The Labute approximate surface area is 209 Å². The number of aromatic nitrogens is 2. The monoisotopic (exact) mass is 518 g/mol. The molecule has 0 saturated carbocycles. The first-order chi connectivity index (χ1) is 16.5. The number of alkyl halides is 3. The van der Waals surface area contributed by atoms with Crippen molar-refractivity contribution in [1.82, 2.24) is 20.2 Å².